The van der Waals surface area contributed by atoms with E-state index >= 15 is 0 Å². The summed E-state index contributed by atoms with van der Waals surface area (Å²) in [7, 11) is 1.96. The van der Waals surface area contributed by atoms with Crippen LogP contribution < -0.4 is 10.6 Å². The Bertz CT molecular complexity index is 395. The molecule has 0 aliphatic heterocycles. The maximum Gasteiger partial charge on any atom is 0.138 e. The van der Waals surface area contributed by atoms with Crippen molar-refractivity contribution in [2.75, 3.05) is 31.7 Å². The van der Waals surface area contributed by atoms with E-state index < -0.39 is 0 Å². The zero-order chi connectivity index (χ0) is 12.8. The summed E-state index contributed by atoms with van der Waals surface area (Å²) >= 11 is 5.03. The molecular formula is C12H19N3OS. The summed E-state index contributed by atoms with van der Waals surface area (Å²) in [6, 6.07) is 3.82. The summed E-state index contributed by atoms with van der Waals surface area (Å²) < 4.78 is 5.32. The first kappa shape index (κ1) is 13.9. The van der Waals surface area contributed by atoms with E-state index in [1.165, 1.54) is 0 Å². The van der Waals surface area contributed by atoms with Crippen molar-refractivity contribution in [1.29, 1.82) is 0 Å². The van der Waals surface area contributed by atoms with Crippen LogP contribution >= 0.6 is 12.2 Å². The first-order valence-corrected chi connectivity index (χ1v) is 6.03. The third kappa shape index (κ3) is 3.94. The molecule has 0 aliphatic carbocycles. The van der Waals surface area contributed by atoms with Gasteiger partial charge in [0.25, 0.3) is 0 Å². The zero-order valence-corrected chi connectivity index (χ0v) is 11.4. The standard InChI is InChI=1S/C12H19N3OS/c1-4-16-8-7-15(3)12-10(11(13)17)6-5-9(2)14-12/h5-6H,4,7-8H2,1-3H3,(H2,13,17). The highest BCUT2D eigenvalue weighted by Gasteiger charge is 2.11. The molecule has 0 spiro atoms. The van der Waals surface area contributed by atoms with Gasteiger partial charge in [-0.25, -0.2) is 4.98 Å². The average Bonchev–Trinajstić information content (AvgIpc) is 2.28. The Labute approximate surface area is 108 Å². The predicted octanol–water partition coefficient (Wildman–Crippen LogP) is 1.50. The lowest BCUT2D eigenvalue weighted by Gasteiger charge is -2.21. The van der Waals surface area contributed by atoms with Gasteiger partial charge in [0.05, 0.1) is 12.2 Å². The van der Waals surface area contributed by atoms with Crippen LogP contribution in [0.1, 0.15) is 18.2 Å². The van der Waals surface area contributed by atoms with E-state index in [4.69, 9.17) is 22.7 Å². The molecule has 17 heavy (non-hydrogen) atoms. The van der Waals surface area contributed by atoms with E-state index in [9.17, 15) is 0 Å². The fraction of sp³-hybridized carbons (Fsp3) is 0.500. The van der Waals surface area contributed by atoms with Gasteiger partial charge in [0.1, 0.15) is 10.8 Å². The van der Waals surface area contributed by atoms with Gasteiger partial charge in [-0.1, -0.05) is 12.2 Å². The van der Waals surface area contributed by atoms with E-state index in [1.54, 1.807) is 0 Å². The largest absolute Gasteiger partial charge is 0.389 e. The highest BCUT2D eigenvalue weighted by atomic mass is 32.1. The quantitative estimate of drug-likeness (QED) is 0.615. The number of nitrogens with two attached hydrogens (primary N) is 1. The topological polar surface area (TPSA) is 51.4 Å². The van der Waals surface area contributed by atoms with Crippen LogP contribution in [-0.4, -0.2) is 36.8 Å². The fourth-order valence-electron chi connectivity index (χ4n) is 1.48. The summed E-state index contributed by atoms with van der Waals surface area (Å²) in [5.41, 5.74) is 7.45. The van der Waals surface area contributed by atoms with Crippen molar-refractivity contribution in [3.8, 4) is 0 Å². The summed E-state index contributed by atoms with van der Waals surface area (Å²) in [6.07, 6.45) is 0. The highest BCUT2D eigenvalue weighted by molar-refractivity contribution is 7.80. The number of thiocarbonyl (C=S) groups is 1. The molecule has 0 aliphatic rings. The first-order chi connectivity index (χ1) is 8.06. The Kier molecular flexibility index (Phi) is 5.31. The lowest BCUT2D eigenvalue weighted by Crippen LogP contribution is -2.27. The Balaban J connectivity index is 2.86. The highest BCUT2D eigenvalue weighted by Crippen LogP contribution is 2.17. The van der Waals surface area contributed by atoms with Crippen molar-refractivity contribution in [2.45, 2.75) is 13.8 Å². The maximum atomic E-state index is 5.69. The molecule has 0 fully saturated rings. The minimum atomic E-state index is 0.371. The summed E-state index contributed by atoms with van der Waals surface area (Å²) in [5.74, 6) is 0.817. The molecule has 2 N–H and O–H groups in total. The van der Waals surface area contributed by atoms with Crippen molar-refractivity contribution in [3.05, 3.63) is 23.4 Å². The normalized spacial score (nSPS) is 10.3. The lowest BCUT2D eigenvalue weighted by atomic mass is 10.2. The van der Waals surface area contributed by atoms with Crippen molar-refractivity contribution in [1.82, 2.24) is 4.98 Å². The van der Waals surface area contributed by atoms with Gasteiger partial charge in [-0.3, -0.25) is 0 Å². The van der Waals surface area contributed by atoms with Crippen LogP contribution in [0.2, 0.25) is 0 Å². The van der Waals surface area contributed by atoms with E-state index in [1.807, 2.05) is 37.9 Å². The predicted molar refractivity (Wildman–Crippen MR) is 74.6 cm³/mol. The van der Waals surface area contributed by atoms with E-state index in [-0.39, 0.29) is 0 Å². The minimum Gasteiger partial charge on any atom is -0.389 e. The smallest absolute Gasteiger partial charge is 0.138 e. The molecule has 1 heterocycles. The third-order valence-corrected chi connectivity index (χ3v) is 2.64. The van der Waals surface area contributed by atoms with Crippen LogP contribution in [0.25, 0.3) is 0 Å². The Morgan fingerprint density at radius 3 is 2.82 bits per heavy atom. The minimum absolute atomic E-state index is 0.371. The van der Waals surface area contributed by atoms with Crippen LogP contribution in [0.15, 0.2) is 12.1 Å². The van der Waals surface area contributed by atoms with Gasteiger partial charge in [-0.15, -0.1) is 0 Å². The molecule has 0 atom stereocenters. The van der Waals surface area contributed by atoms with E-state index in [2.05, 4.69) is 4.98 Å². The molecule has 0 bridgehead atoms. The number of pyridine rings is 1. The van der Waals surface area contributed by atoms with Crippen molar-refractivity contribution in [3.63, 3.8) is 0 Å². The second kappa shape index (κ2) is 6.51. The molecule has 1 aromatic rings. The number of hydrogen-bond donors (Lipinski definition) is 1. The van der Waals surface area contributed by atoms with Crippen LogP contribution in [0.3, 0.4) is 0 Å². The molecular weight excluding hydrogens is 234 g/mol. The number of nitrogens with zero attached hydrogens (tertiary/aromatic N) is 2. The summed E-state index contributed by atoms with van der Waals surface area (Å²) in [5, 5.41) is 0. The van der Waals surface area contributed by atoms with Gasteiger partial charge in [0, 0.05) is 25.9 Å². The fourth-order valence-corrected chi connectivity index (χ4v) is 1.64. The van der Waals surface area contributed by atoms with Gasteiger partial charge >= 0.3 is 0 Å². The number of rotatable bonds is 6. The molecule has 94 valence electrons. The number of hydrogen-bond acceptors (Lipinski definition) is 4. The lowest BCUT2D eigenvalue weighted by molar-refractivity contribution is 0.154. The first-order valence-electron chi connectivity index (χ1n) is 5.62. The van der Waals surface area contributed by atoms with E-state index in [0.29, 0.717) is 11.6 Å². The monoisotopic (exact) mass is 253 g/mol. The SMILES string of the molecule is CCOCCN(C)c1nc(C)ccc1C(N)=S. The number of ether oxygens (including phenoxy) is 1. The molecule has 1 aromatic heterocycles. The molecule has 5 heteroatoms. The van der Waals surface area contributed by atoms with Crippen LogP contribution in [0.4, 0.5) is 5.82 Å². The van der Waals surface area contributed by atoms with E-state index in [0.717, 1.165) is 30.2 Å². The number of likely N-dealkylation sites (N-methyl/N-ethyl adjacent to an activating group) is 1. The van der Waals surface area contributed by atoms with Crippen molar-refractivity contribution < 1.29 is 4.74 Å². The summed E-state index contributed by atoms with van der Waals surface area (Å²) in [4.78, 5) is 6.86. The number of aryl methyl sites for hydroxylation is 1. The maximum absolute atomic E-state index is 5.69. The van der Waals surface area contributed by atoms with Gasteiger partial charge < -0.3 is 15.4 Å². The van der Waals surface area contributed by atoms with Crippen molar-refractivity contribution >= 4 is 23.0 Å². The second-order valence-corrected chi connectivity index (χ2v) is 4.25. The third-order valence-electron chi connectivity index (χ3n) is 2.42. The molecule has 4 nitrogen and oxygen atoms in total. The number of anilines is 1. The zero-order valence-electron chi connectivity index (χ0n) is 10.6. The summed E-state index contributed by atoms with van der Waals surface area (Å²) in [6.45, 7) is 6.07. The molecule has 0 saturated carbocycles. The molecule has 0 aromatic carbocycles. The van der Waals surface area contributed by atoms with Gasteiger partial charge in [-0.2, -0.15) is 0 Å². The second-order valence-electron chi connectivity index (χ2n) is 3.81. The van der Waals surface area contributed by atoms with Gasteiger partial charge in [0.15, 0.2) is 0 Å². The molecule has 1 rings (SSSR count). The van der Waals surface area contributed by atoms with Crippen LogP contribution in [0.5, 0.6) is 0 Å². The molecule has 0 unspecified atom stereocenters. The molecule has 0 amide bonds. The van der Waals surface area contributed by atoms with Crippen LogP contribution in [-0.2, 0) is 4.74 Å². The Morgan fingerprint density at radius 1 is 1.53 bits per heavy atom. The van der Waals surface area contributed by atoms with Gasteiger partial charge in [0.2, 0.25) is 0 Å². The van der Waals surface area contributed by atoms with Gasteiger partial charge in [-0.05, 0) is 26.0 Å². The van der Waals surface area contributed by atoms with Crippen LogP contribution in [0, 0.1) is 6.92 Å². The Hall–Kier alpha value is -1.20. The average molecular weight is 253 g/mol. The number of aromatic nitrogens is 1. The molecule has 0 saturated heterocycles. The van der Waals surface area contributed by atoms with Crippen molar-refractivity contribution in [2.24, 2.45) is 5.73 Å². The molecule has 0 radical (unpaired) electrons. The Morgan fingerprint density at radius 2 is 2.24 bits per heavy atom.